The molecule has 2 fully saturated rings. The molecule has 61 heavy (non-hydrogen) atoms. The largest absolute Gasteiger partial charge is 2.00 e. The molecule has 0 aliphatic heterocycles. The van der Waals surface area contributed by atoms with Gasteiger partial charge in [0.1, 0.15) is 0 Å². The third-order valence-electron chi connectivity index (χ3n) is 11.4. The molecule has 0 N–H and O–H groups in total. The molecule has 0 spiro atoms. The molecule has 15 heteroatoms. The van der Waals surface area contributed by atoms with Gasteiger partial charge in [0.25, 0.3) is 0 Å². The van der Waals surface area contributed by atoms with Crippen LogP contribution in [0.5, 0.6) is 0 Å². The summed E-state index contributed by atoms with van der Waals surface area (Å²) in [7, 11) is -3.48. The van der Waals surface area contributed by atoms with Crippen LogP contribution in [-0.2, 0) is 41.8 Å². The molecule has 0 radical (unpaired) electrons. The number of allylic oxidation sites excluding steroid dienone is 10. The number of hydrogen-bond acceptors (Lipinski definition) is 0. The molecule has 1 unspecified atom stereocenters. The van der Waals surface area contributed by atoms with Crippen molar-refractivity contribution in [2.75, 3.05) is 0 Å². The van der Waals surface area contributed by atoms with E-state index in [-0.39, 0.29) is 29.2 Å². The average Bonchev–Trinajstić information content (AvgIpc) is 3.95. The fourth-order valence-electron chi connectivity index (χ4n) is 8.59. The van der Waals surface area contributed by atoms with Gasteiger partial charge >= 0.3 is 41.8 Å². The Kier molecular flexibility index (Phi) is 16.2. The van der Waals surface area contributed by atoms with Crippen molar-refractivity contribution < 1.29 is 69.8 Å². The number of rotatable bonds is 7. The number of halogens is 12. The van der Waals surface area contributed by atoms with E-state index in [1.807, 2.05) is 48.6 Å². The van der Waals surface area contributed by atoms with E-state index in [1.165, 1.54) is 6.92 Å². The summed E-state index contributed by atoms with van der Waals surface area (Å²) in [6.07, 6.45) is 2.64. The van der Waals surface area contributed by atoms with Crippen molar-refractivity contribution in [1.29, 1.82) is 0 Å². The van der Waals surface area contributed by atoms with Crippen molar-refractivity contribution in [1.82, 2.24) is 0 Å². The van der Waals surface area contributed by atoms with Crippen LogP contribution in [0.3, 0.4) is 0 Å². The molecule has 4 aliphatic rings. The van der Waals surface area contributed by atoms with E-state index in [4.69, 9.17) is 0 Å². The maximum Gasteiger partial charge on any atom is 2.00 e. The zero-order valence-corrected chi connectivity index (χ0v) is 35.9. The van der Waals surface area contributed by atoms with E-state index in [2.05, 4.69) is 6.08 Å². The Morgan fingerprint density at radius 3 is 1.38 bits per heavy atom. The summed E-state index contributed by atoms with van der Waals surface area (Å²) in [5, 5.41) is -1.30. The fraction of sp³-hybridized carbons (Fsp3) is 0.391. The molecular formula is C46H44F12FeP2. The molecule has 0 nitrogen and oxygen atoms in total. The van der Waals surface area contributed by atoms with Gasteiger partial charge in [0.15, 0.2) is 0 Å². The van der Waals surface area contributed by atoms with Crippen LogP contribution in [0, 0.1) is 5.66 Å². The Morgan fingerprint density at radius 1 is 0.574 bits per heavy atom. The topological polar surface area (TPSA) is 0 Å². The van der Waals surface area contributed by atoms with Gasteiger partial charge < -0.3 is 0 Å². The normalized spacial score (nSPS) is 19.9. The van der Waals surface area contributed by atoms with Gasteiger partial charge in [0, 0.05) is 5.66 Å². The van der Waals surface area contributed by atoms with E-state index in [0.29, 0.717) is 46.7 Å². The molecule has 0 heterocycles. The maximum atomic E-state index is 14.2. The minimum absolute atomic E-state index is 0. The third kappa shape index (κ3) is 12.1. The van der Waals surface area contributed by atoms with E-state index in [9.17, 15) is 52.7 Å². The van der Waals surface area contributed by atoms with Crippen LogP contribution in [0.2, 0.25) is 0 Å². The van der Waals surface area contributed by atoms with Crippen LogP contribution in [0.25, 0.3) is 0 Å². The van der Waals surface area contributed by atoms with E-state index >= 15 is 0 Å². The summed E-state index contributed by atoms with van der Waals surface area (Å²) in [5.74, 6) is 0. The van der Waals surface area contributed by atoms with Gasteiger partial charge in [-0.2, -0.15) is 70.9 Å². The Balaban J connectivity index is 0.00000109. The Labute approximate surface area is 361 Å². The monoisotopic (exact) mass is 942 g/mol. The second-order valence-electron chi connectivity index (χ2n) is 15.4. The summed E-state index contributed by atoms with van der Waals surface area (Å²) in [6.45, 7) is 1.46. The van der Waals surface area contributed by atoms with E-state index < -0.39 is 79.1 Å². The van der Waals surface area contributed by atoms with Gasteiger partial charge in [0.05, 0.1) is 22.3 Å². The predicted octanol–water partition coefficient (Wildman–Crippen LogP) is 15.6. The van der Waals surface area contributed by atoms with Crippen LogP contribution in [0.15, 0.2) is 126 Å². The predicted molar refractivity (Wildman–Crippen MR) is 217 cm³/mol. The molecule has 0 saturated heterocycles. The van der Waals surface area contributed by atoms with Gasteiger partial charge in [-0.25, -0.2) is 12.1 Å². The standard InChI is InChI=1S/C41H39F12P2.C5H5.Fe/c1-25(34-16-10-17-35(34)36-15-8-9-18-37(36)55(30-11-4-2-5-12-30)31-13-6-3-7-14-31)54(32-21-26(38(42,43)44)19-27(22-32)39(45,46)47)33-23-28(40(48,49)50)20-29(24-33)41(51,52)53;1-2-4-5-3-1;/h8-10,15-25,30-31H,2-7,11-14H2,1H3;1-5H;/q2*-1;+2/b36-35+;;. The first-order chi connectivity index (χ1) is 28.2. The van der Waals surface area contributed by atoms with Crippen LogP contribution in [0.4, 0.5) is 52.7 Å². The summed E-state index contributed by atoms with van der Waals surface area (Å²) in [6, 6.07) is 11.5. The van der Waals surface area contributed by atoms with Crippen molar-refractivity contribution in [3.8, 4) is 0 Å². The Bertz CT molecular complexity index is 1900. The van der Waals surface area contributed by atoms with Crippen molar-refractivity contribution in [2.45, 2.75) is 113 Å². The van der Waals surface area contributed by atoms with Crippen molar-refractivity contribution in [2.24, 2.45) is 0 Å². The first-order valence-corrected chi connectivity index (χ1v) is 22.8. The quantitative estimate of drug-likeness (QED) is 0.0958. The van der Waals surface area contributed by atoms with Crippen LogP contribution in [0.1, 0.15) is 93.4 Å². The molecule has 3 aromatic rings. The molecule has 2 saturated carbocycles. The van der Waals surface area contributed by atoms with Crippen LogP contribution < -0.4 is 10.6 Å². The van der Waals surface area contributed by atoms with E-state index in [1.54, 1.807) is 18.2 Å². The van der Waals surface area contributed by atoms with Gasteiger partial charge in [-0.15, -0.1) is 43.5 Å². The smallest absolute Gasteiger partial charge is 0.214 e. The van der Waals surface area contributed by atoms with Crippen LogP contribution >= 0.6 is 15.8 Å². The molecule has 0 bridgehead atoms. The molecule has 1 atom stereocenters. The summed E-state index contributed by atoms with van der Waals surface area (Å²) in [5.41, 5.74) is -4.08. The van der Waals surface area contributed by atoms with Gasteiger partial charge in [-0.1, -0.05) is 74.8 Å². The summed E-state index contributed by atoms with van der Waals surface area (Å²) in [4.78, 5) is 0. The second-order valence-corrected chi connectivity index (χ2v) is 20.7. The average molecular weight is 943 g/mol. The minimum Gasteiger partial charge on any atom is -0.214 e. The van der Waals surface area contributed by atoms with E-state index in [0.717, 1.165) is 75.4 Å². The first kappa shape index (κ1) is 48.9. The summed E-state index contributed by atoms with van der Waals surface area (Å²) >= 11 is 0. The zero-order chi connectivity index (χ0) is 43.5. The molecular weight excluding hydrogens is 898 g/mol. The summed E-state index contributed by atoms with van der Waals surface area (Å²) < 4.78 is 170. The van der Waals surface area contributed by atoms with Crippen molar-refractivity contribution in [3.63, 3.8) is 0 Å². The SMILES string of the molecule is CC(C1=CC=C/C1=C1/C=CC=C[C-]1P(C1CCCCC1)C1CCCCC1)P(c1cc(C(F)(F)F)cc(C(F)(F)F)c1)c1cc(C(F)(F)F)cc(C(F)(F)F)c1.[Fe+2].c1cc[cH-]c1. The first-order valence-electron chi connectivity index (χ1n) is 19.9. The Hall–Kier alpha value is -3.10. The minimum atomic E-state index is -5.30. The zero-order valence-electron chi connectivity index (χ0n) is 33.0. The Morgan fingerprint density at radius 2 is 1.00 bits per heavy atom. The van der Waals surface area contributed by atoms with Gasteiger partial charge in [0.2, 0.25) is 0 Å². The molecule has 0 amide bonds. The van der Waals surface area contributed by atoms with Gasteiger partial charge in [-0.3, -0.25) is 0 Å². The molecule has 3 aromatic carbocycles. The van der Waals surface area contributed by atoms with Crippen molar-refractivity contribution in [3.05, 3.63) is 154 Å². The van der Waals surface area contributed by atoms with Crippen molar-refractivity contribution >= 4 is 26.5 Å². The number of alkyl halides is 12. The number of hydrogen-bond donors (Lipinski definition) is 0. The molecule has 7 rings (SSSR count). The van der Waals surface area contributed by atoms with Gasteiger partial charge in [-0.05, 0) is 91.9 Å². The van der Waals surface area contributed by atoms with Crippen LogP contribution in [-0.4, -0.2) is 17.0 Å². The fourth-order valence-corrected chi connectivity index (χ4v) is 15.4. The number of benzene rings is 2. The molecule has 0 aromatic heterocycles. The third-order valence-corrected chi connectivity index (χ3v) is 17.6. The second kappa shape index (κ2) is 20.2. The maximum absolute atomic E-state index is 14.2. The molecule has 4 aliphatic carbocycles. The molecule has 330 valence electrons.